The monoisotopic (exact) mass is 449 g/mol. The van der Waals surface area contributed by atoms with Gasteiger partial charge in [0, 0.05) is 69.2 Å². The number of nitrogens with zero attached hydrogens (tertiary/aromatic N) is 1. The number of esters is 1. The fourth-order valence-electron chi connectivity index (χ4n) is 10.8. The lowest BCUT2D eigenvalue weighted by Gasteiger charge is -2.68. The summed E-state index contributed by atoms with van der Waals surface area (Å²) in [5.41, 5.74) is -1.07. The highest BCUT2D eigenvalue weighted by atomic mass is 16.6. The number of methoxy groups -OCH3 is 2. The molecule has 0 aromatic carbocycles. The van der Waals surface area contributed by atoms with Crippen LogP contribution in [-0.2, 0) is 19.0 Å². The minimum atomic E-state index is -0.635. The van der Waals surface area contributed by atoms with Crippen molar-refractivity contribution in [2.24, 2.45) is 40.4 Å². The molecule has 6 aliphatic rings. The molecule has 1 spiro atoms. The maximum Gasteiger partial charge on any atom is 0.302 e. The number of hydrogen-bond donors (Lipinski definition) is 2. The Morgan fingerprint density at radius 3 is 2.59 bits per heavy atom. The molecule has 6 rings (SSSR count). The van der Waals surface area contributed by atoms with E-state index in [4.69, 9.17) is 14.2 Å². The van der Waals surface area contributed by atoms with E-state index < -0.39 is 23.2 Å². The quantitative estimate of drug-likeness (QED) is 0.628. The van der Waals surface area contributed by atoms with Crippen molar-refractivity contribution in [2.45, 2.75) is 82.5 Å². The van der Waals surface area contributed by atoms with Crippen LogP contribution < -0.4 is 0 Å². The van der Waals surface area contributed by atoms with E-state index in [1.54, 1.807) is 14.2 Å². The van der Waals surface area contributed by atoms with Crippen LogP contribution >= 0.6 is 0 Å². The maximum atomic E-state index is 12.4. The summed E-state index contributed by atoms with van der Waals surface area (Å²) in [6, 6.07) is 0.0768. The van der Waals surface area contributed by atoms with Crippen molar-refractivity contribution >= 4 is 5.97 Å². The van der Waals surface area contributed by atoms with Crippen LogP contribution in [0.5, 0.6) is 0 Å². The van der Waals surface area contributed by atoms with Gasteiger partial charge in [-0.3, -0.25) is 9.69 Å². The van der Waals surface area contributed by atoms with Gasteiger partial charge in [0.1, 0.15) is 6.10 Å². The Hall–Kier alpha value is -0.730. The summed E-state index contributed by atoms with van der Waals surface area (Å²) >= 11 is 0. The first kappa shape index (κ1) is 21.8. The van der Waals surface area contributed by atoms with E-state index in [2.05, 4.69) is 18.7 Å². The van der Waals surface area contributed by atoms with E-state index in [1.165, 1.54) is 6.92 Å². The second-order valence-corrected chi connectivity index (χ2v) is 12.0. The predicted octanol–water partition coefficient (Wildman–Crippen LogP) is 1.45. The van der Waals surface area contributed by atoms with Crippen LogP contribution in [0.4, 0.5) is 0 Å². The number of likely N-dealkylation sites (tertiary alicyclic amines) is 1. The number of piperidine rings is 1. The highest BCUT2D eigenvalue weighted by Gasteiger charge is 2.86. The van der Waals surface area contributed by atoms with Crippen LogP contribution in [0.15, 0.2) is 0 Å². The zero-order valence-corrected chi connectivity index (χ0v) is 20.0. The zero-order chi connectivity index (χ0) is 22.8. The third-order valence-corrected chi connectivity index (χ3v) is 11.3. The van der Waals surface area contributed by atoms with Gasteiger partial charge in [-0.15, -0.1) is 0 Å². The molecule has 0 radical (unpaired) electrons. The molecule has 180 valence electrons. The SMILES string of the molecule is CCN1C[C@]2(C)CC[C@H](O)[C@]34C1[C@H]([C@@H](OC(C)=O)[C@H]23)[C@@]1(OC)C[C@H](OC)[C@H]2C[C@@H]4[C@@H]1[C@H]2O. The van der Waals surface area contributed by atoms with Crippen molar-refractivity contribution in [1.29, 1.82) is 0 Å². The second kappa shape index (κ2) is 6.69. The standard InChI is InChI=1S/C25H39NO6/c1-6-26-11-23(3)8-7-16(28)25-14-9-13-15(30-4)10-24(31-5,17(14)19(13)29)18(22(25)26)20(21(23)25)32-12(2)27/h13-22,28-29H,6-11H2,1-5H3/t13-,14-,15+,16+,17-,18+,19+,20-,21-,22?,23+,24-,25+/m1/s1. The average Bonchev–Trinajstić information content (AvgIpc) is 3.15. The van der Waals surface area contributed by atoms with E-state index in [-0.39, 0.29) is 59.2 Å². The molecule has 7 heteroatoms. The molecule has 7 bridgehead atoms. The summed E-state index contributed by atoms with van der Waals surface area (Å²) < 4.78 is 18.7. The van der Waals surface area contributed by atoms with Gasteiger partial charge in [0.25, 0.3) is 0 Å². The third-order valence-electron chi connectivity index (χ3n) is 11.3. The molecule has 0 aromatic rings. The van der Waals surface area contributed by atoms with Gasteiger partial charge in [-0.1, -0.05) is 13.8 Å². The summed E-state index contributed by atoms with van der Waals surface area (Å²) in [5.74, 6) is -0.160. The van der Waals surface area contributed by atoms with Gasteiger partial charge >= 0.3 is 5.97 Å². The minimum Gasteiger partial charge on any atom is -0.462 e. The lowest BCUT2D eigenvalue weighted by atomic mass is 9.43. The van der Waals surface area contributed by atoms with Gasteiger partial charge in [0.2, 0.25) is 0 Å². The summed E-state index contributed by atoms with van der Waals surface area (Å²) in [5, 5.41) is 23.5. The Kier molecular flexibility index (Phi) is 4.55. The molecule has 32 heavy (non-hydrogen) atoms. The largest absolute Gasteiger partial charge is 0.462 e. The molecule has 5 aliphatic carbocycles. The molecule has 6 fully saturated rings. The Balaban J connectivity index is 1.65. The molecular weight excluding hydrogens is 410 g/mol. The smallest absolute Gasteiger partial charge is 0.302 e. The molecule has 2 N–H and O–H groups in total. The zero-order valence-electron chi connectivity index (χ0n) is 20.0. The molecule has 1 saturated heterocycles. The van der Waals surface area contributed by atoms with Crippen molar-refractivity contribution in [2.75, 3.05) is 27.3 Å². The highest BCUT2D eigenvalue weighted by Crippen LogP contribution is 2.79. The molecule has 13 atom stereocenters. The summed E-state index contributed by atoms with van der Waals surface area (Å²) in [6.07, 6.45) is 1.85. The molecule has 1 unspecified atom stereocenters. The third kappa shape index (κ3) is 2.15. The van der Waals surface area contributed by atoms with E-state index >= 15 is 0 Å². The molecular formula is C25H39NO6. The van der Waals surface area contributed by atoms with Crippen molar-refractivity contribution in [3.05, 3.63) is 0 Å². The van der Waals surface area contributed by atoms with Crippen LogP contribution in [0.2, 0.25) is 0 Å². The first-order valence-electron chi connectivity index (χ1n) is 12.6. The maximum absolute atomic E-state index is 12.4. The Morgan fingerprint density at radius 2 is 1.97 bits per heavy atom. The molecule has 1 aliphatic heterocycles. The van der Waals surface area contributed by atoms with E-state index in [0.29, 0.717) is 6.42 Å². The number of carbonyl (C=O) groups excluding carboxylic acids is 1. The Morgan fingerprint density at radius 1 is 1.22 bits per heavy atom. The molecule has 1 heterocycles. The molecule has 5 saturated carbocycles. The normalized spacial score (nSPS) is 59.8. The lowest BCUT2D eigenvalue weighted by molar-refractivity contribution is -0.273. The van der Waals surface area contributed by atoms with Gasteiger partial charge in [-0.05, 0) is 37.1 Å². The number of ether oxygens (including phenoxy) is 3. The number of aliphatic hydroxyl groups excluding tert-OH is 2. The average molecular weight is 450 g/mol. The summed E-state index contributed by atoms with van der Waals surface area (Å²) in [7, 11) is 3.49. The number of carbonyl (C=O) groups is 1. The Bertz CT molecular complexity index is 822. The van der Waals surface area contributed by atoms with Crippen LogP contribution in [0.25, 0.3) is 0 Å². The van der Waals surface area contributed by atoms with E-state index in [1.807, 2.05) is 0 Å². The number of hydrogen-bond acceptors (Lipinski definition) is 7. The van der Waals surface area contributed by atoms with Gasteiger partial charge in [0.05, 0.1) is 23.9 Å². The van der Waals surface area contributed by atoms with Crippen LogP contribution in [0.3, 0.4) is 0 Å². The first-order valence-corrected chi connectivity index (χ1v) is 12.6. The van der Waals surface area contributed by atoms with E-state index in [9.17, 15) is 15.0 Å². The van der Waals surface area contributed by atoms with Gasteiger partial charge in [-0.25, -0.2) is 0 Å². The second-order valence-electron chi connectivity index (χ2n) is 12.0. The predicted molar refractivity (Wildman–Crippen MR) is 116 cm³/mol. The summed E-state index contributed by atoms with van der Waals surface area (Å²) in [4.78, 5) is 15.0. The highest BCUT2D eigenvalue weighted by molar-refractivity contribution is 5.66. The Labute approximate surface area is 190 Å². The lowest BCUT2D eigenvalue weighted by Crippen LogP contribution is -2.75. The molecule has 7 nitrogen and oxygen atoms in total. The van der Waals surface area contributed by atoms with Gasteiger partial charge in [0.15, 0.2) is 0 Å². The van der Waals surface area contributed by atoms with Crippen LogP contribution in [0.1, 0.15) is 46.5 Å². The fraction of sp³-hybridized carbons (Fsp3) is 0.960. The van der Waals surface area contributed by atoms with Gasteiger partial charge in [-0.2, -0.15) is 0 Å². The van der Waals surface area contributed by atoms with Crippen LogP contribution in [0, 0.1) is 40.4 Å². The first-order chi connectivity index (χ1) is 15.2. The number of aliphatic hydroxyl groups is 2. The summed E-state index contributed by atoms with van der Waals surface area (Å²) in [6.45, 7) is 7.89. The molecule has 0 amide bonds. The molecule has 0 aromatic heterocycles. The fourth-order valence-corrected chi connectivity index (χ4v) is 10.8. The van der Waals surface area contributed by atoms with Crippen LogP contribution in [-0.4, -0.2) is 84.5 Å². The van der Waals surface area contributed by atoms with Crippen molar-refractivity contribution in [1.82, 2.24) is 4.90 Å². The topological polar surface area (TPSA) is 88.5 Å². The van der Waals surface area contributed by atoms with Crippen molar-refractivity contribution in [3.8, 4) is 0 Å². The van der Waals surface area contributed by atoms with Crippen molar-refractivity contribution in [3.63, 3.8) is 0 Å². The van der Waals surface area contributed by atoms with Crippen molar-refractivity contribution < 1.29 is 29.2 Å². The van der Waals surface area contributed by atoms with Gasteiger partial charge < -0.3 is 24.4 Å². The number of fused-ring (bicyclic) bond motifs is 2. The minimum absolute atomic E-state index is 0.0438. The number of rotatable bonds is 4. The van der Waals surface area contributed by atoms with E-state index in [0.717, 1.165) is 32.4 Å².